The minimum atomic E-state index is -4.41. The Morgan fingerprint density at radius 2 is 1.88 bits per heavy atom. The van der Waals surface area contributed by atoms with Gasteiger partial charge in [-0.15, -0.1) is 11.3 Å². The number of hydrogen-bond donors (Lipinski definition) is 4. The average Bonchev–Trinajstić information content (AvgIpc) is 3.28. The van der Waals surface area contributed by atoms with Gasteiger partial charge in [0.15, 0.2) is 5.82 Å². The zero-order valence-corrected chi connectivity index (χ0v) is 19.4. The number of primary amides is 1. The van der Waals surface area contributed by atoms with Crippen molar-refractivity contribution in [3.8, 4) is 0 Å². The van der Waals surface area contributed by atoms with Gasteiger partial charge in [0, 0.05) is 21.8 Å². The Balaban J connectivity index is 0.000000291. The number of carbonyl (C=O) groups is 1. The first-order valence-corrected chi connectivity index (χ1v) is 11.4. The van der Waals surface area contributed by atoms with Crippen LogP contribution in [0.5, 0.6) is 0 Å². The minimum Gasteiger partial charge on any atom is -0.398 e. The third-order valence-electron chi connectivity index (χ3n) is 4.43. The van der Waals surface area contributed by atoms with Gasteiger partial charge >= 0.3 is 6.18 Å². The molecule has 3 rings (SSSR count). The number of hydrogen-bond acceptors (Lipinski definition) is 6. The lowest BCUT2D eigenvalue weighted by atomic mass is 10.0. The van der Waals surface area contributed by atoms with Crippen molar-refractivity contribution in [3.63, 3.8) is 0 Å². The summed E-state index contributed by atoms with van der Waals surface area (Å²) in [6.45, 7) is 4.73. The Morgan fingerprint density at radius 3 is 2.25 bits per heavy atom. The first kappa shape index (κ1) is 27.9. The first-order valence-electron chi connectivity index (χ1n) is 9.39. The highest BCUT2D eigenvalue weighted by molar-refractivity contribution is 7.85. The minimum absolute atomic E-state index is 0.0304. The van der Waals surface area contributed by atoms with Gasteiger partial charge in [0.2, 0.25) is 6.41 Å². The van der Waals surface area contributed by atoms with Gasteiger partial charge in [0.1, 0.15) is 20.9 Å². The molecule has 0 aliphatic heterocycles. The quantitative estimate of drug-likeness (QED) is 0.380. The number of aryl methyl sites for hydroxylation is 1. The van der Waals surface area contributed by atoms with Crippen molar-refractivity contribution < 1.29 is 31.7 Å². The summed E-state index contributed by atoms with van der Waals surface area (Å²) in [7, 11) is -1.82. The first-order chi connectivity index (χ1) is 14.7. The molecule has 180 valence electrons. The number of rotatable bonds is 3. The number of anilines is 1. The summed E-state index contributed by atoms with van der Waals surface area (Å²) in [6.07, 6.45) is -1.69. The molecule has 32 heavy (non-hydrogen) atoms. The number of fused-ring (bicyclic) bond motifs is 1. The molecule has 0 spiro atoms. The Labute approximate surface area is 189 Å². The molecule has 2 aromatic rings. The Hall–Kier alpha value is -2.09. The Morgan fingerprint density at radius 1 is 1.31 bits per heavy atom. The van der Waals surface area contributed by atoms with E-state index in [4.69, 9.17) is 15.7 Å². The molecule has 1 aliphatic rings. The van der Waals surface area contributed by atoms with E-state index in [9.17, 15) is 26.9 Å². The number of amides is 1. The highest BCUT2D eigenvalue weighted by Crippen LogP contribution is 2.38. The van der Waals surface area contributed by atoms with Crippen LogP contribution in [0.25, 0.3) is 0 Å². The summed E-state index contributed by atoms with van der Waals surface area (Å²) in [5, 5.41) is 14.5. The van der Waals surface area contributed by atoms with Crippen molar-refractivity contribution in [1.29, 1.82) is 0 Å². The summed E-state index contributed by atoms with van der Waals surface area (Å²) in [6, 6.07) is 1.16. The lowest BCUT2D eigenvalue weighted by Crippen LogP contribution is -2.16. The molecule has 0 radical (unpaired) electrons. The molecular formula is C19H26F4N4O3S2. The summed E-state index contributed by atoms with van der Waals surface area (Å²) in [5.41, 5.74) is 9.85. The maximum Gasteiger partial charge on any atom is 0.433 e. The summed E-state index contributed by atoms with van der Waals surface area (Å²) >= 11 is 0.924. The van der Waals surface area contributed by atoms with Crippen molar-refractivity contribution in [2.24, 2.45) is 10.9 Å². The monoisotopic (exact) mass is 498 g/mol. The number of nitrogens with two attached hydrogens (primary N) is 3. The molecule has 7 N–H and O–H groups in total. The van der Waals surface area contributed by atoms with Gasteiger partial charge in [-0.05, 0) is 51.2 Å². The normalized spacial score (nSPS) is 13.9. The standard InChI is InChI=1S/C11H13F3N2.C7H10FNO2S2.CH3NO/c1-2-6-9(15)7-4-3-5-8(7)16-10(6)11(12,13)14;1-7(2,10)5-3-4(8)6(12-5)13(9)11;2-1-3/h2-5H2,1H3,(H2,15,16);3,10H,9H2,1-2H3;1H,(H2,2,3). The van der Waals surface area contributed by atoms with Crippen LogP contribution in [0.3, 0.4) is 0 Å². The molecule has 0 saturated heterocycles. The van der Waals surface area contributed by atoms with Gasteiger partial charge < -0.3 is 16.6 Å². The van der Waals surface area contributed by atoms with Gasteiger partial charge in [-0.25, -0.2) is 18.7 Å². The van der Waals surface area contributed by atoms with Gasteiger partial charge in [0.05, 0.1) is 5.60 Å². The van der Waals surface area contributed by atoms with E-state index in [0.29, 0.717) is 22.7 Å². The third-order valence-corrected chi connectivity index (χ3v) is 6.96. The molecule has 0 bridgehead atoms. The van der Waals surface area contributed by atoms with Gasteiger partial charge in [0.25, 0.3) is 0 Å². The highest BCUT2D eigenvalue weighted by atomic mass is 32.2. The van der Waals surface area contributed by atoms with E-state index < -0.39 is 34.3 Å². The number of aliphatic hydroxyl groups is 1. The molecule has 13 heteroatoms. The van der Waals surface area contributed by atoms with E-state index in [1.165, 1.54) is 13.8 Å². The number of nitrogen functional groups attached to an aromatic ring is 1. The number of nitrogens with zero attached hydrogens (tertiary/aromatic N) is 1. The van der Waals surface area contributed by atoms with E-state index in [1.54, 1.807) is 6.92 Å². The van der Waals surface area contributed by atoms with Crippen molar-refractivity contribution >= 4 is 34.4 Å². The Bertz CT molecular complexity index is 973. The summed E-state index contributed by atoms with van der Waals surface area (Å²) < 4.78 is 62.1. The van der Waals surface area contributed by atoms with Crippen molar-refractivity contribution in [3.05, 3.63) is 39.3 Å². The van der Waals surface area contributed by atoms with Crippen LogP contribution in [0, 0.1) is 5.82 Å². The molecule has 7 nitrogen and oxygen atoms in total. The van der Waals surface area contributed by atoms with Crippen LogP contribution in [0.1, 0.15) is 54.6 Å². The maximum atomic E-state index is 13.0. The molecule has 1 amide bonds. The molecule has 2 aromatic heterocycles. The number of aromatic nitrogens is 1. The van der Waals surface area contributed by atoms with Gasteiger partial charge in [-0.3, -0.25) is 4.79 Å². The zero-order chi connectivity index (χ0) is 24.9. The van der Waals surface area contributed by atoms with Gasteiger partial charge in [-0.2, -0.15) is 13.2 Å². The van der Waals surface area contributed by atoms with E-state index >= 15 is 0 Å². The van der Waals surface area contributed by atoms with Crippen LogP contribution < -0.4 is 16.6 Å². The topological polar surface area (TPSA) is 145 Å². The van der Waals surface area contributed by atoms with E-state index in [-0.39, 0.29) is 22.6 Å². The van der Waals surface area contributed by atoms with Crippen molar-refractivity contribution in [2.75, 3.05) is 5.73 Å². The van der Waals surface area contributed by atoms with Gasteiger partial charge in [-0.1, -0.05) is 6.92 Å². The molecule has 0 saturated carbocycles. The number of halogens is 4. The van der Waals surface area contributed by atoms with Crippen LogP contribution in [0.4, 0.5) is 23.2 Å². The molecular weight excluding hydrogens is 472 g/mol. The smallest absolute Gasteiger partial charge is 0.398 e. The lowest BCUT2D eigenvalue weighted by molar-refractivity contribution is -0.141. The molecule has 2 heterocycles. The molecule has 1 aliphatic carbocycles. The maximum absolute atomic E-state index is 13.0. The number of carbonyl (C=O) groups excluding carboxylic acids is 1. The second kappa shape index (κ2) is 11.2. The van der Waals surface area contributed by atoms with Crippen LogP contribution in [0.2, 0.25) is 0 Å². The third kappa shape index (κ3) is 6.95. The fraction of sp³-hybridized carbons (Fsp3) is 0.474. The van der Waals surface area contributed by atoms with E-state index in [2.05, 4.69) is 10.7 Å². The molecule has 0 aromatic carbocycles. The largest absolute Gasteiger partial charge is 0.433 e. The predicted molar refractivity (Wildman–Crippen MR) is 115 cm³/mol. The van der Waals surface area contributed by atoms with E-state index in [0.717, 1.165) is 35.8 Å². The zero-order valence-electron chi connectivity index (χ0n) is 17.8. The summed E-state index contributed by atoms with van der Waals surface area (Å²) in [5.74, 6) is -0.622. The second-order valence-corrected chi connectivity index (χ2v) is 9.53. The summed E-state index contributed by atoms with van der Waals surface area (Å²) in [4.78, 5) is 12.8. The van der Waals surface area contributed by atoms with Crippen molar-refractivity contribution in [1.82, 2.24) is 4.98 Å². The van der Waals surface area contributed by atoms with Crippen LogP contribution >= 0.6 is 11.3 Å². The number of alkyl halides is 3. The molecule has 1 atom stereocenters. The average molecular weight is 499 g/mol. The van der Waals surface area contributed by atoms with Crippen LogP contribution in [-0.2, 0) is 46.8 Å². The highest BCUT2D eigenvalue weighted by Gasteiger charge is 2.37. The van der Waals surface area contributed by atoms with Crippen LogP contribution in [0.15, 0.2) is 10.3 Å². The predicted octanol–water partition coefficient (Wildman–Crippen LogP) is 2.93. The van der Waals surface area contributed by atoms with E-state index in [1.807, 2.05) is 0 Å². The fourth-order valence-electron chi connectivity index (χ4n) is 3.04. The van der Waals surface area contributed by atoms with Crippen molar-refractivity contribution in [2.45, 2.75) is 62.4 Å². The number of pyridine rings is 1. The molecule has 1 unspecified atom stereocenters. The Kier molecular flexibility index (Phi) is 9.75. The SMILES string of the molecule is CC(C)(O)c1cc(F)c(S(N)=O)s1.CCc1c(C(F)(F)F)nc2c(c1N)CCC2.NC=O. The fourth-order valence-corrected chi connectivity index (χ4v) is 4.65. The second-order valence-electron chi connectivity index (χ2n) is 7.22. The number of thiophene rings is 1. The van der Waals surface area contributed by atoms with Crippen LogP contribution in [-0.4, -0.2) is 20.7 Å². The lowest BCUT2D eigenvalue weighted by Gasteiger charge is -2.16. The molecule has 0 fully saturated rings.